The molecule has 102 valence electrons. The highest BCUT2D eigenvalue weighted by molar-refractivity contribution is 5.97. The highest BCUT2D eigenvalue weighted by atomic mass is 16.2. The van der Waals surface area contributed by atoms with E-state index in [0.717, 1.165) is 32.4 Å². The minimum atomic E-state index is -0.0226. The van der Waals surface area contributed by atoms with Crippen LogP contribution in [0.5, 0.6) is 0 Å². The molecule has 0 aromatic carbocycles. The number of nitrogens with one attached hydrogen (secondary N) is 1. The Morgan fingerprint density at radius 1 is 1.33 bits per heavy atom. The van der Waals surface area contributed by atoms with Crippen LogP contribution in [0.15, 0.2) is 0 Å². The first-order valence-corrected chi connectivity index (χ1v) is 6.78. The van der Waals surface area contributed by atoms with E-state index in [-0.39, 0.29) is 17.4 Å². The molecule has 1 N–H and O–H groups in total. The van der Waals surface area contributed by atoms with Crippen molar-refractivity contribution in [2.24, 2.45) is 0 Å². The molecule has 0 spiro atoms. The molecule has 0 unspecified atom stereocenters. The Bertz CT molecular complexity index is 335. The third-order valence-electron chi connectivity index (χ3n) is 4.30. The molecule has 2 fully saturated rings. The second-order valence-electron chi connectivity index (χ2n) is 5.63. The van der Waals surface area contributed by atoms with Gasteiger partial charge in [0.15, 0.2) is 0 Å². The summed E-state index contributed by atoms with van der Waals surface area (Å²) in [5.41, 5.74) is 0.197. The van der Waals surface area contributed by atoms with Crippen molar-refractivity contribution in [1.29, 1.82) is 0 Å². The highest BCUT2D eigenvalue weighted by Crippen LogP contribution is 2.21. The topological polar surface area (TPSA) is 52.7 Å². The van der Waals surface area contributed by atoms with E-state index in [4.69, 9.17) is 0 Å². The van der Waals surface area contributed by atoms with Crippen LogP contribution in [-0.2, 0) is 9.59 Å². The standard InChI is InChI=1S/C13H23N3O2/c1-13(14-2)5-8-15(9-6-13)10-12(18)16-7-3-4-11(16)17/h14H,3-10H2,1-2H3. The molecular formula is C13H23N3O2. The van der Waals surface area contributed by atoms with Gasteiger partial charge in [-0.05, 0) is 33.2 Å². The highest BCUT2D eigenvalue weighted by Gasteiger charge is 2.31. The lowest BCUT2D eigenvalue weighted by atomic mass is 9.90. The Labute approximate surface area is 108 Å². The number of amides is 2. The molecule has 2 aliphatic rings. The number of likely N-dealkylation sites (tertiary alicyclic amines) is 2. The van der Waals surface area contributed by atoms with Gasteiger partial charge in [0.1, 0.15) is 0 Å². The number of carbonyl (C=O) groups excluding carboxylic acids is 2. The fraction of sp³-hybridized carbons (Fsp3) is 0.846. The number of carbonyl (C=O) groups is 2. The van der Waals surface area contributed by atoms with Gasteiger partial charge < -0.3 is 5.32 Å². The smallest absolute Gasteiger partial charge is 0.243 e. The second kappa shape index (κ2) is 5.36. The zero-order valence-corrected chi connectivity index (χ0v) is 11.4. The first-order valence-electron chi connectivity index (χ1n) is 6.78. The van der Waals surface area contributed by atoms with E-state index in [1.54, 1.807) is 0 Å². The van der Waals surface area contributed by atoms with E-state index >= 15 is 0 Å². The average Bonchev–Trinajstić information content (AvgIpc) is 2.79. The summed E-state index contributed by atoms with van der Waals surface area (Å²) < 4.78 is 0. The minimum absolute atomic E-state index is 0.00271. The van der Waals surface area contributed by atoms with E-state index in [1.165, 1.54) is 4.90 Å². The van der Waals surface area contributed by atoms with Crippen LogP contribution in [0, 0.1) is 0 Å². The van der Waals surface area contributed by atoms with Gasteiger partial charge in [-0.15, -0.1) is 0 Å². The van der Waals surface area contributed by atoms with Crippen LogP contribution in [-0.4, -0.2) is 60.4 Å². The van der Waals surface area contributed by atoms with Crippen molar-refractivity contribution in [2.45, 2.75) is 38.1 Å². The molecule has 0 aliphatic carbocycles. The molecule has 0 aromatic rings. The number of imide groups is 1. The van der Waals surface area contributed by atoms with Crippen LogP contribution in [0.4, 0.5) is 0 Å². The van der Waals surface area contributed by atoms with Crippen LogP contribution in [0.1, 0.15) is 32.6 Å². The number of hydrogen-bond acceptors (Lipinski definition) is 4. The van der Waals surface area contributed by atoms with Crippen molar-refractivity contribution in [3.05, 3.63) is 0 Å². The first-order chi connectivity index (χ1) is 8.54. The van der Waals surface area contributed by atoms with Gasteiger partial charge in [0, 0.05) is 31.6 Å². The second-order valence-corrected chi connectivity index (χ2v) is 5.63. The Morgan fingerprint density at radius 2 is 2.00 bits per heavy atom. The Morgan fingerprint density at radius 3 is 2.50 bits per heavy atom. The molecule has 5 heteroatoms. The fourth-order valence-electron chi connectivity index (χ4n) is 2.64. The van der Waals surface area contributed by atoms with E-state index < -0.39 is 0 Å². The average molecular weight is 253 g/mol. The van der Waals surface area contributed by atoms with Gasteiger partial charge >= 0.3 is 0 Å². The largest absolute Gasteiger partial charge is 0.314 e. The SMILES string of the molecule is CNC1(C)CCN(CC(=O)N2CCCC2=O)CC1. The predicted octanol–water partition coefficient (Wildman–Crippen LogP) is 0.209. The lowest BCUT2D eigenvalue weighted by Gasteiger charge is -2.39. The van der Waals surface area contributed by atoms with Crippen molar-refractivity contribution in [1.82, 2.24) is 15.1 Å². The van der Waals surface area contributed by atoms with Crippen LogP contribution in [0.3, 0.4) is 0 Å². The van der Waals surface area contributed by atoms with E-state index in [0.29, 0.717) is 19.5 Å². The van der Waals surface area contributed by atoms with Gasteiger partial charge in [0.2, 0.25) is 11.8 Å². The Balaban J connectivity index is 1.81. The molecule has 0 aromatic heterocycles. The summed E-state index contributed by atoms with van der Waals surface area (Å²) in [5, 5.41) is 3.34. The minimum Gasteiger partial charge on any atom is -0.314 e. The molecule has 5 nitrogen and oxygen atoms in total. The maximum Gasteiger partial charge on any atom is 0.243 e. The lowest BCUT2D eigenvalue weighted by molar-refractivity contribution is -0.142. The molecular weight excluding hydrogens is 230 g/mol. The molecule has 2 aliphatic heterocycles. The maximum absolute atomic E-state index is 12.0. The molecule has 2 saturated heterocycles. The Kier molecular flexibility index (Phi) is 4.02. The van der Waals surface area contributed by atoms with Crippen molar-refractivity contribution in [3.63, 3.8) is 0 Å². The number of piperidine rings is 1. The van der Waals surface area contributed by atoms with Gasteiger partial charge in [-0.25, -0.2) is 0 Å². The predicted molar refractivity (Wildman–Crippen MR) is 69.1 cm³/mol. The fourth-order valence-corrected chi connectivity index (χ4v) is 2.64. The molecule has 0 atom stereocenters. The van der Waals surface area contributed by atoms with Crippen molar-refractivity contribution in [3.8, 4) is 0 Å². The Hall–Kier alpha value is -0.940. The van der Waals surface area contributed by atoms with E-state index in [2.05, 4.69) is 17.1 Å². The summed E-state index contributed by atoms with van der Waals surface area (Å²) in [4.78, 5) is 27.1. The molecule has 2 rings (SSSR count). The maximum atomic E-state index is 12.0. The van der Waals surface area contributed by atoms with Gasteiger partial charge in [0.05, 0.1) is 6.54 Å². The molecule has 2 amide bonds. The van der Waals surface area contributed by atoms with Crippen LogP contribution >= 0.6 is 0 Å². The third kappa shape index (κ3) is 2.90. The molecule has 0 radical (unpaired) electrons. The molecule has 0 bridgehead atoms. The third-order valence-corrected chi connectivity index (χ3v) is 4.30. The summed E-state index contributed by atoms with van der Waals surface area (Å²) in [6, 6.07) is 0. The zero-order valence-electron chi connectivity index (χ0n) is 11.4. The zero-order chi connectivity index (χ0) is 13.2. The van der Waals surface area contributed by atoms with Crippen molar-refractivity contribution in [2.75, 3.05) is 33.2 Å². The molecule has 0 saturated carbocycles. The number of nitrogens with zero attached hydrogens (tertiary/aromatic N) is 2. The first kappa shape index (κ1) is 13.5. The summed E-state index contributed by atoms with van der Waals surface area (Å²) in [6.45, 7) is 5.07. The number of rotatable bonds is 3. The summed E-state index contributed by atoms with van der Waals surface area (Å²) in [5.74, 6) is -0.0253. The van der Waals surface area contributed by atoms with Gasteiger partial charge in [-0.3, -0.25) is 19.4 Å². The lowest BCUT2D eigenvalue weighted by Crippen LogP contribution is -2.52. The quantitative estimate of drug-likeness (QED) is 0.781. The molecule has 2 heterocycles. The van der Waals surface area contributed by atoms with Crippen LogP contribution in [0.2, 0.25) is 0 Å². The van der Waals surface area contributed by atoms with Gasteiger partial charge in [-0.1, -0.05) is 0 Å². The van der Waals surface area contributed by atoms with Gasteiger partial charge in [0.25, 0.3) is 0 Å². The van der Waals surface area contributed by atoms with Crippen molar-refractivity contribution >= 4 is 11.8 Å². The molecule has 18 heavy (non-hydrogen) atoms. The summed E-state index contributed by atoms with van der Waals surface area (Å²) in [6.07, 6.45) is 3.45. The van der Waals surface area contributed by atoms with E-state index in [1.807, 2.05) is 7.05 Å². The van der Waals surface area contributed by atoms with Crippen LogP contribution < -0.4 is 5.32 Å². The summed E-state index contributed by atoms with van der Waals surface area (Å²) in [7, 11) is 1.99. The monoisotopic (exact) mass is 253 g/mol. The van der Waals surface area contributed by atoms with Crippen molar-refractivity contribution < 1.29 is 9.59 Å². The summed E-state index contributed by atoms with van der Waals surface area (Å²) >= 11 is 0. The number of hydrogen-bond donors (Lipinski definition) is 1. The van der Waals surface area contributed by atoms with E-state index in [9.17, 15) is 9.59 Å². The van der Waals surface area contributed by atoms with Crippen LogP contribution in [0.25, 0.3) is 0 Å². The normalized spacial score (nSPS) is 24.6. The van der Waals surface area contributed by atoms with Gasteiger partial charge in [-0.2, -0.15) is 0 Å².